The largest absolute Gasteiger partial charge is 0.481 e. The second-order valence-corrected chi connectivity index (χ2v) is 5.73. The second kappa shape index (κ2) is 17.7. The Morgan fingerprint density at radius 2 is 1.23 bits per heavy atom. The van der Waals surface area contributed by atoms with Gasteiger partial charge >= 0.3 is 5.97 Å². The van der Waals surface area contributed by atoms with E-state index in [4.69, 9.17) is 5.11 Å². The van der Waals surface area contributed by atoms with Gasteiger partial charge in [0.25, 0.3) is 0 Å². The topological polar surface area (TPSA) is 37.3 Å². The molecule has 0 aromatic rings. The van der Waals surface area contributed by atoms with Crippen molar-refractivity contribution in [3.8, 4) is 0 Å². The number of hydrogen-bond acceptors (Lipinski definition) is 1. The molecule has 0 spiro atoms. The fourth-order valence-corrected chi connectivity index (χ4v) is 2.18. The number of unbranched alkanes of at least 4 members (excludes halogenated alkanes) is 7. The first kappa shape index (κ1) is 20.7. The van der Waals surface area contributed by atoms with E-state index in [1.54, 1.807) is 0 Å². The zero-order valence-corrected chi connectivity index (χ0v) is 14.3. The molecule has 0 aliphatic heterocycles. The third kappa shape index (κ3) is 18.7. The first-order valence-corrected chi connectivity index (χ1v) is 8.94. The van der Waals surface area contributed by atoms with Gasteiger partial charge in [0.15, 0.2) is 0 Å². The Morgan fingerprint density at radius 3 is 1.73 bits per heavy atom. The fraction of sp³-hybridized carbons (Fsp3) is 0.650. The molecule has 0 aromatic carbocycles. The van der Waals surface area contributed by atoms with Gasteiger partial charge in [0, 0.05) is 6.42 Å². The van der Waals surface area contributed by atoms with Gasteiger partial charge in [-0.15, -0.1) is 0 Å². The molecule has 0 unspecified atom stereocenters. The number of carboxylic acids is 1. The van der Waals surface area contributed by atoms with Gasteiger partial charge in [-0.25, -0.2) is 0 Å². The molecule has 0 heterocycles. The van der Waals surface area contributed by atoms with Crippen LogP contribution in [0.25, 0.3) is 0 Å². The maximum absolute atomic E-state index is 10.3. The second-order valence-electron chi connectivity index (χ2n) is 5.73. The van der Waals surface area contributed by atoms with Crippen molar-refractivity contribution < 1.29 is 9.90 Å². The smallest absolute Gasteiger partial charge is 0.303 e. The molecule has 0 aromatic heterocycles. The number of aliphatic carboxylic acids is 1. The van der Waals surface area contributed by atoms with Crippen molar-refractivity contribution in [1.29, 1.82) is 0 Å². The first-order valence-electron chi connectivity index (χ1n) is 8.94. The highest BCUT2D eigenvalue weighted by Crippen LogP contribution is 2.05. The van der Waals surface area contributed by atoms with Gasteiger partial charge in [-0.1, -0.05) is 69.1 Å². The molecule has 0 atom stereocenters. The molecule has 0 radical (unpaired) electrons. The lowest BCUT2D eigenvalue weighted by atomic mass is 10.1. The Morgan fingerprint density at radius 1 is 0.727 bits per heavy atom. The van der Waals surface area contributed by atoms with Crippen LogP contribution in [0.1, 0.15) is 84.0 Å². The van der Waals surface area contributed by atoms with Gasteiger partial charge in [-0.05, 0) is 44.9 Å². The van der Waals surface area contributed by atoms with Crippen molar-refractivity contribution in [2.75, 3.05) is 0 Å². The molecule has 0 bridgehead atoms. The maximum atomic E-state index is 10.3. The number of allylic oxidation sites excluding steroid dienone is 6. The summed E-state index contributed by atoms with van der Waals surface area (Å²) >= 11 is 0. The van der Waals surface area contributed by atoms with Crippen molar-refractivity contribution >= 4 is 5.97 Å². The molecule has 0 aliphatic rings. The van der Waals surface area contributed by atoms with E-state index in [-0.39, 0.29) is 0 Å². The highest BCUT2D eigenvalue weighted by Gasteiger charge is 1.94. The average Bonchev–Trinajstić information content (AvgIpc) is 2.50. The van der Waals surface area contributed by atoms with Crippen LogP contribution in [0, 0.1) is 0 Å². The fourth-order valence-electron chi connectivity index (χ4n) is 2.18. The molecule has 2 heteroatoms. The molecule has 2 nitrogen and oxygen atoms in total. The monoisotopic (exact) mass is 306 g/mol. The molecule has 22 heavy (non-hydrogen) atoms. The van der Waals surface area contributed by atoms with Crippen LogP contribution < -0.4 is 0 Å². The quantitative estimate of drug-likeness (QED) is 0.279. The minimum absolute atomic E-state index is 0.304. The minimum Gasteiger partial charge on any atom is -0.481 e. The lowest BCUT2D eigenvalue weighted by Crippen LogP contribution is -1.93. The normalized spacial score (nSPS) is 12.0. The van der Waals surface area contributed by atoms with E-state index >= 15 is 0 Å². The lowest BCUT2D eigenvalue weighted by molar-refractivity contribution is -0.137. The molecule has 0 amide bonds. The Balaban J connectivity index is 3.30. The zero-order chi connectivity index (χ0) is 16.3. The van der Waals surface area contributed by atoms with Crippen LogP contribution in [0.2, 0.25) is 0 Å². The van der Waals surface area contributed by atoms with Crippen LogP contribution >= 0.6 is 0 Å². The Hall–Kier alpha value is -1.31. The van der Waals surface area contributed by atoms with Crippen LogP contribution in [0.15, 0.2) is 36.5 Å². The van der Waals surface area contributed by atoms with E-state index in [2.05, 4.69) is 43.4 Å². The summed E-state index contributed by atoms with van der Waals surface area (Å²) in [5.74, 6) is -0.685. The number of carboxylic acid groups (broad SMARTS) is 1. The van der Waals surface area contributed by atoms with Gasteiger partial charge in [0.2, 0.25) is 0 Å². The molecule has 0 fully saturated rings. The number of hydrogen-bond donors (Lipinski definition) is 1. The zero-order valence-electron chi connectivity index (χ0n) is 14.3. The summed E-state index contributed by atoms with van der Waals surface area (Å²) in [6.07, 6.45) is 26.3. The highest BCUT2D eigenvalue weighted by molar-refractivity contribution is 5.66. The average molecular weight is 306 g/mol. The molecule has 0 rings (SSSR count). The Labute approximate surface area is 137 Å². The predicted molar refractivity (Wildman–Crippen MR) is 96.1 cm³/mol. The van der Waals surface area contributed by atoms with E-state index in [0.717, 1.165) is 38.5 Å². The standard InChI is InChI=1S/C20H34O2/c1-2-3-4-5-6-7-8-9-10-11-12-13-14-15-16-17-18-19-20(21)22/h7-8,10-11,13-14H,2-6,9,12,15-19H2,1H3,(H,21,22)/b8-7-,11-10-,14-13-. The van der Waals surface area contributed by atoms with E-state index in [9.17, 15) is 4.79 Å². The van der Waals surface area contributed by atoms with Crippen molar-refractivity contribution in [2.45, 2.75) is 84.0 Å². The third-order valence-electron chi connectivity index (χ3n) is 3.53. The molecule has 0 aliphatic carbocycles. The summed E-state index contributed by atoms with van der Waals surface area (Å²) in [5.41, 5.74) is 0. The molecule has 0 saturated heterocycles. The molecule has 126 valence electrons. The maximum Gasteiger partial charge on any atom is 0.303 e. The van der Waals surface area contributed by atoms with Crippen molar-refractivity contribution in [3.63, 3.8) is 0 Å². The van der Waals surface area contributed by atoms with Gasteiger partial charge in [-0.3, -0.25) is 4.79 Å². The van der Waals surface area contributed by atoms with Crippen LogP contribution in [-0.4, -0.2) is 11.1 Å². The summed E-state index contributed by atoms with van der Waals surface area (Å²) in [5, 5.41) is 8.51. The summed E-state index contributed by atoms with van der Waals surface area (Å²) in [6.45, 7) is 2.24. The number of rotatable bonds is 15. The van der Waals surface area contributed by atoms with Crippen molar-refractivity contribution in [3.05, 3.63) is 36.5 Å². The van der Waals surface area contributed by atoms with E-state index in [0.29, 0.717) is 6.42 Å². The van der Waals surface area contributed by atoms with E-state index in [1.165, 1.54) is 32.1 Å². The van der Waals surface area contributed by atoms with Crippen LogP contribution in [0.4, 0.5) is 0 Å². The van der Waals surface area contributed by atoms with Crippen LogP contribution in [-0.2, 0) is 4.79 Å². The highest BCUT2D eigenvalue weighted by atomic mass is 16.4. The summed E-state index contributed by atoms with van der Waals surface area (Å²) < 4.78 is 0. The third-order valence-corrected chi connectivity index (χ3v) is 3.53. The van der Waals surface area contributed by atoms with Gasteiger partial charge in [-0.2, -0.15) is 0 Å². The molecular weight excluding hydrogens is 272 g/mol. The van der Waals surface area contributed by atoms with Crippen LogP contribution in [0.5, 0.6) is 0 Å². The Bertz CT molecular complexity index is 327. The number of carbonyl (C=O) groups is 1. The van der Waals surface area contributed by atoms with Crippen molar-refractivity contribution in [2.24, 2.45) is 0 Å². The van der Waals surface area contributed by atoms with E-state index in [1.807, 2.05) is 0 Å². The van der Waals surface area contributed by atoms with Crippen LogP contribution in [0.3, 0.4) is 0 Å². The Kier molecular flexibility index (Phi) is 16.7. The first-order chi connectivity index (χ1) is 10.8. The summed E-state index contributed by atoms with van der Waals surface area (Å²) in [6, 6.07) is 0. The van der Waals surface area contributed by atoms with E-state index < -0.39 is 5.97 Å². The lowest BCUT2D eigenvalue weighted by Gasteiger charge is -1.94. The molecule has 1 N–H and O–H groups in total. The van der Waals surface area contributed by atoms with Gasteiger partial charge < -0.3 is 5.11 Å². The minimum atomic E-state index is -0.685. The SMILES string of the molecule is CCCCCC/C=C\C/C=C\C/C=C\CCCCCC(=O)O. The van der Waals surface area contributed by atoms with Crippen molar-refractivity contribution in [1.82, 2.24) is 0 Å². The van der Waals surface area contributed by atoms with Gasteiger partial charge in [0.05, 0.1) is 0 Å². The van der Waals surface area contributed by atoms with Gasteiger partial charge in [0.1, 0.15) is 0 Å². The summed E-state index contributed by atoms with van der Waals surface area (Å²) in [4.78, 5) is 10.3. The predicted octanol–water partition coefficient (Wildman–Crippen LogP) is 6.44. The summed E-state index contributed by atoms with van der Waals surface area (Å²) in [7, 11) is 0. The molecular formula is C20H34O2. The molecule has 0 saturated carbocycles.